The summed E-state index contributed by atoms with van der Waals surface area (Å²) in [5.41, 5.74) is 6.14. The van der Waals surface area contributed by atoms with Crippen molar-refractivity contribution in [3.8, 4) is 0 Å². The lowest BCUT2D eigenvalue weighted by Crippen LogP contribution is -2.71. The summed E-state index contributed by atoms with van der Waals surface area (Å²) >= 11 is 2.91. The molecule has 17 heteroatoms. The van der Waals surface area contributed by atoms with Crippen LogP contribution in [0.1, 0.15) is 11.4 Å². The molecule has 5 heterocycles. The van der Waals surface area contributed by atoms with Crippen molar-refractivity contribution in [2.24, 2.45) is 5.16 Å². The molecule has 1 unspecified atom stereocenters. The smallest absolute Gasteiger partial charge is 0.433 e. The van der Waals surface area contributed by atoms with E-state index in [2.05, 4.69) is 25.9 Å². The second kappa shape index (κ2) is 12.1. The van der Waals surface area contributed by atoms with Crippen LogP contribution in [0.5, 0.6) is 0 Å². The van der Waals surface area contributed by atoms with E-state index < -0.39 is 41.0 Å². The molecular weight excluding hydrogens is 612 g/mol. The minimum Gasteiger partial charge on any atom is -0.477 e. The van der Waals surface area contributed by atoms with Gasteiger partial charge in [0.05, 0.1) is 5.39 Å². The molecule has 224 valence electrons. The SMILES string of the molecule is Nc1nc(C(=NOC(=O)NCc2ccccc2)C(=O)NC2C(=O)N3C(C(=O)O)=C(C[n+]4ccc5sccc5c4)CS[C@H]23)no1. The number of carbonyl (C=O) groups excluding carboxylic acids is 3. The maximum atomic E-state index is 13.2. The molecule has 2 aliphatic heterocycles. The lowest BCUT2D eigenvalue weighted by molar-refractivity contribution is -0.687. The fourth-order valence-corrected chi connectivity index (χ4v) is 6.79. The first-order valence-corrected chi connectivity index (χ1v) is 14.9. The third-order valence-electron chi connectivity index (χ3n) is 6.73. The Morgan fingerprint density at radius 1 is 1.23 bits per heavy atom. The largest absolute Gasteiger partial charge is 0.477 e. The maximum absolute atomic E-state index is 13.2. The number of nitrogens with one attached hydrogen (secondary N) is 2. The molecule has 6 rings (SSSR count). The summed E-state index contributed by atoms with van der Waals surface area (Å²) in [6, 6.07) is 11.5. The molecule has 2 aliphatic rings. The summed E-state index contributed by atoms with van der Waals surface area (Å²) in [5, 5.41) is 24.5. The molecule has 1 saturated heterocycles. The normalized spacial score (nSPS) is 18.0. The number of amides is 3. The number of oxime groups is 1. The molecule has 5 N–H and O–H groups in total. The number of carboxylic acid groups (broad SMARTS) is 1. The number of thiophene rings is 1. The number of aromatic nitrogens is 3. The van der Waals surface area contributed by atoms with Crippen LogP contribution in [0.2, 0.25) is 0 Å². The van der Waals surface area contributed by atoms with Crippen LogP contribution in [0.4, 0.5) is 10.8 Å². The van der Waals surface area contributed by atoms with E-state index in [4.69, 9.17) is 15.1 Å². The van der Waals surface area contributed by atoms with Gasteiger partial charge in [0.25, 0.3) is 11.8 Å². The highest BCUT2D eigenvalue weighted by Gasteiger charge is 2.55. The Balaban J connectivity index is 1.16. The van der Waals surface area contributed by atoms with E-state index in [0.717, 1.165) is 20.5 Å². The van der Waals surface area contributed by atoms with E-state index in [9.17, 15) is 24.3 Å². The molecule has 0 spiro atoms. The fraction of sp³-hybridized carbons (Fsp3) is 0.185. The van der Waals surface area contributed by atoms with E-state index >= 15 is 0 Å². The number of nitrogen functional groups attached to an aromatic ring is 1. The number of rotatable bonds is 9. The van der Waals surface area contributed by atoms with E-state index in [0.29, 0.717) is 11.3 Å². The number of β-lactam (4-membered cyclic amide) rings is 1. The van der Waals surface area contributed by atoms with Crippen molar-refractivity contribution in [2.45, 2.75) is 24.5 Å². The molecule has 15 nitrogen and oxygen atoms in total. The lowest BCUT2D eigenvalue weighted by Gasteiger charge is -2.49. The predicted octanol–water partition coefficient (Wildman–Crippen LogP) is 1.22. The number of carbonyl (C=O) groups is 4. The number of benzene rings is 1. The number of anilines is 1. The molecular formula is C27H23N8O7S2+. The van der Waals surface area contributed by atoms with Crippen LogP contribution in [0.25, 0.3) is 10.1 Å². The van der Waals surface area contributed by atoms with Gasteiger partial charge in [-0.15, -0.1) is 23.1 Å². The van der Waals surface area contributed by atoms with Gasteiger partial charge in [0.1, 0.15) is 17.1 Å². The average molecular weight is 636 g/mol. The van der Waals surface area contributed by atoms with Gasteiger partial charge >= 0.3 is 18.1 Å². The molecule has 2 atom stereocenters. The van der Waals surface area contributed by atoms with Gasteiger partial charge in [-0.25, -0.2) is 14.2 Å². The highest BCUT2D eigenvalue weighted by Crippen LogP contribution is 2.40. The van der Waals surface area contributed by atoms with Crippen LogP contribution >= 0.6 is 23.1 Å². The first-order valence-electron chi connectivity index (χ1n) is 13.0. The highest BCUT2D eigenvalue weighted by atomic mass is 32.2. The standard InChI is InChI=1S/C27H22N8O7S2/c28-26-31-21(33-41-26)18(32-42-27(40)29-10-14-4-2-1-3-5-14)22(36)30-19-23(37)35-20(25(38)39)16(13-44-24(19)35)12-34-8-6-17-15(11-34)7-9-43-17/h1-9,11,19,24H,10,12-13H2,(H4-,28,29,30,31,33,36,38,39,40)/p+1/t19?,24-/m1/s1. The number of aliphatic carboxylic acids is 1. The number of fused-ring (bicyclic) bond motifs is 2. The van der Waals surface area contributed by atoms with Gasteiger partial charge in [-0.3, -0.25) is 19.3 Å². The first kappa shape index (κ1) is 28.8. The molecule has 0 bridgehead atoms. The Bertz CT molecular complexity index is 1840. The number of nitrogens with zero attached hydrogens (tertiary/aromatic N) is 5. The van der Waals surface area contributed by atoms with E-state index in [1.165, 1.54) is 11.8 Å². The highest BCUT2D eigenvalue weighted by molar-refractivity contribution is 8.00. The van der Waals surface area contributed by atoms with E-state index in [1.54, 1.807) is 35.6 Å². The number of hydrogen-bond acceptors (Lipinski definition) is 12. The number of carboxylic acids is 1. The Morgan fingerprint density at radius 2 is 2.05 bits per heavy atom. The number of nitrogens with two attached hydrogens (primary N) is 1. The van der Waals surface area contributed by atoms with Crippen LogP contribution in [0.15, 0.2) is 81.2 Å². The van der Waals surface area contributed by atoms with Crippen molar-refractivity contribution in [2.75, 3.05) is 11.5 Å². The predicted molar refractivity (Wildman–Crippen MR) is 157 cm³/mol. The van der Waals surface area contributed by atoms with Gasteiger partial charge in [0, 0.05) is 28.6 Å². The molecule has 0 aliphatic carbocycles. The van der Waals surface area contributed by atoms with E-state index in [1.807, 2.05) is 40.5 Å². The maximum Gasteiger partial charge on any atom is 0.433 e. The van der Waals surface area contributed by atoms with Crippen molar-refractivity contribution < 1.29 is 38.2 Å². The van der Waals surface area contributed by atoms with Crippen molar-refractivity contribution in [3.63, 3.8) is 0 Å². The van der Waals surface area contributed by atoms with Crippen LogP contribution in [-0.2, 0) is 32.3 Å². The summed E-state index contributed by atoms with van der Waals surface area (Å²) in [4.78, 5) is 60.8. The Morgan fingerprint density at radius 3 is 2.80 bits per heavy atom. The number of thioether (sulfide) groups is 1. The Labute approximate surface area is 256 Å². The van der Waals surface area contributed by atoms with Crippen LogP contribution in [0, 0.1) is 0 Å². The molecule has 1 fully saturated rings. The zero-order chi connectivity index (χ0) is 30.8. The minimum absolute atomic E-state index is 0.125. The summed E-state index contributed by atoms with van der Waals surface area (Å²) < 4.78 is 7.70. The van der Waals surface area contributed by atoms with Crippen LogP contribution in [-0.4, -0.2) is 66.9 Å². The topological polar surface area (TPSA) is 206 Å². The summed E-state index contributed by atoms with van der Waals surface area (Å²) in [6.45, 7) is 0.410. The van der Waals surface area contributed by atoms with Gasteiger partial charge < -0.3 is 26.0 Å². The van der Waals surface area contributed by atoms with Crippen molar-refractivity contribution >= 4 is 68.8 Å². The summed E-state index contributed by atoms with van der Waals surface area (Å²) in [5.74, 6) is -2.92. The van der Waals surface area contributed by atoms with Crippen LogP contribution < -0.4 is 20.9 Å². The molecule has 44 heavy (non-hydrogen) atoms. The zero-order valence-corrected chi connectivity index (χ0v) is 24.2. The molecule has 0 radical (unpaired) electrons. The van der Waals surface area contributed by atoms with Crippen LogP contribution in [0.3, 0.4) is 0 Å². The van der Waals surface area contributed by atoms with Crippen molar-refractivity contribution in [3.05, 3.63) is 82.9 Å². The summed E-state index contributed by atoms with van der Waals surface area (Å²) in [6.07, 6.45) is 2.81. The Hall–Kier alpha value is -5.29. The number of hydrogen-bond donors (Lipinski definition) is 4. The van der Waals surface area contributed by atoms with Gasteiger partial charge in [0.15, 0.2) is 18.9 Å². The summed E-state index contributed by atoms with van der Waals surface area (Å²) in [7, 11) is 0. The third-order valence-corrected chi connectivity index (χ3v) is 8.96. The molecule has 3 amide bonds. The van der Waals surface area contributed by atoms with Gasteiger partial charge in [-0.2, -0.15) is 4.98 Å². The van der Waals surface area contributed by atoms with Gasteiger partial charge in [0.2, 0.25) is 11.5 Å². The van der Waals surface area contributed by atoms with Gasteiger partial charge in [-0.1, -0.05) is 40.6 Å². The molecule has 1 aromatic carbocycles. The average Bonchev–Trinajstić information content (AvgIpc) is 3.67. The van der Waals surface area contributed by atoms with Gasteiger partial charge in [-0.05, 0) is 17.0 Å². The molecule has 4 aromatic rings. The number of pyridine rings is 1. The van der Waals surface area contributed by atoms with E-state index in [-0.39, 0.29) is 30.6 Å². The quantitative estimate of drug-likeness (QED) is 0.0676. The first-order chi connectivity index (χ1) is 21.3. The second-order valence-electron chi connectivity index (χ2n) is 9.59. The Kier molecular flexibility index (Phi) is 7.95. The molecule has 3 aromatic heterocycles. The zero-order valence-electron chi connectivity index (χ0n) is 22.6. The second-order valence-corrected chi connectivity index (χ2v) is 11.6. The molecule has 0 saturated carbocycles. The fourth-order valence-electron chi connectivity index (χ4n) is 4.70. The van der Waals surface area contributed by atoms with Crippen molar-refractivity contribution in [1.82, 2.24) is 25.7 Å². The lowest BCUT2D eigenvalue weighted by atomic mass is 10.0. The third kappa shape index (κ3) is 5.82. The monoisotopic (exact) mass is 635 g/mol. The minimum atomic E-state index is -1.25. The van der Waals surface area contributed by atoms with Crippen molar-refractivity contribution in [1.29, 1.82) is 0 Å².